The van der Waals surface area contributed by atoms with Gasteiger partial charge in [-0.05, 0) is 22.9 Å². The number of benzene rings is 2. The molecule has 0 unspecified atom stereocenters. The van der Waals surface area contributed by atoms with Crippen molar-refractivity contribution < 1.29 is 43.0 Å². The van der Waals surface area contributed by atoms with E-state index in [0.717, 1.165) is 6.54 Å². The number of rotatable bonds is 4. The van der Waals surface area contributed by atoms with Crippen molar-refractivity contribution in [2.24, 2.45) is 0 Å². The maximum absolute atomic E-state index is 2.43. The Labute approximate surface area is 171 Å². The molecule has 0 saturated carbocycles. The molecular formula is C21H26Br2N2. The average molecular weight is 466 g/mol. The van der Waals surface area contributed by atoms with Gasteiger partial charge in [0.05, 0.1) is 38.5 Å². The lowest BCUT2D eigenvalue weighted by Crippen LogP contribution is -3.00. The number of likely N-dealkylation sites (tertiary alicyclic amines) is 1. The van der Waals surface area contributed by atoms with Gasteiger partial charge >= 0.3 is 0 Å². The second-order valence-electron chi connectivity index (χ2n) is 7.27. The van der Waals surface area contributed by atoms with Gasteiger partial charge in [-0.1, -0.05) is 24.3 Å². The van der Waals surface area contributed by atoms with Crippen molar-refractivity contribution in [1.29, 1.82) is 0 Å². The Morgan fingerprint density at radius 3 is 2.40 bits per heavy atom. The van der Waals surface area contributed by atoms with Gasteiger partial charge in [0.2, 0.25) is 5.52 Å². The Morgan fingerprint density at radius 1 is 0.880 bits per heavy atom. The second-order valence-corrected chi connectivity index (χ2v) is 7.27. The quantitative estimate of drug-likeness (QED) is 0.236. The van der Waals surface area contributed by atoms with E-state index in [4.69, 9.17) is 0 Å². The highest BCUT2D eigenvalue weighted by atomic mass is 79.9. The average Bonchev–Trinajstić information content (AvgIpc) is 3.01. The molecule has 0 bridgehead atoms. The highest BCUT2D eigenvalue weighted by Gasteiger charge is 2.26. The maximum Gasteiger partial charge on any atom is 0.213 e. The Hall–Kier alpha value is -0.970. The molecule has 1 saturated heterocycles. The standard InChI is InChI=1S/C21H26N2.2BrH/c1-23(15-4-5-16-23)17-7-14-22-13-6-10-20-19-9-3-2-8-18(19)11-12-21(20)22;;/h2-3,6,8-13H,4-5,7,14-17H2,1H3;2*1H/q+2;;/p-2. The van der Waals surface area contributed by atoms with Crippen LogP contribution in [0.25, 0.3) is 21.7 Å². The summed E-state index contributed by atoms with van der Waals surface area (Å²) in [5.41, 5.74) is 1.36. The number of nitrogens with zero attached hydrogens (tertiary/aromatic N) is 2. The van der Waals surface area contributed by atoms with Crippen LogP contribution in [0, 0.1) is 0 Å². The minimum Gasteiger partial charge on any atom is -1.00 e. The van der Waals surface area contributed by atoms with Gasteiger partial charge in [0.1, 0.15) is 0 Å². The van der Waals surface area contributed by atoms with E-state index in [1.165, 1.54) is 65.1 Å². The summed E-state index contributed by atoms with van der Waals surface area (Å²) >= 11 is 0. The molecule has 1 aliphatic heterocycles. The molecular weight excluding hydrogens is 440 g/mol. The fourth-order valence-electron chi connectivity index (χ4n) is 4.17. The number of halogens is 2. The van der Waals surface area contributed by atoms with E-state index in [2.05, 4.69) is 66.3 Å². The van der Waals surface area contributed by atoms with Crippen molar-refractivity contribution in [1.82, 2.24) is 0 Å². The van der Waals surface area contributed by atoms with E-state index in [1.54, 1.807) is 0 Å². The van der Waals surface area contributed by atoms with Crippen molar-refractivity contribution in [3.8, 4) is 0 Å². The number of pyridine rings is 1. The van der Waals surface area contributed by atoms with Crippen molar-refractivity contribution in [2.75, 3.05) is 26.7 Å². The van der Waals surface area contributed by atoms with Gasteiger partial charge < -0.3 is 38.4 Å². The second kappa shape index (κ2) is 8.61. The molecule has 2 aromatic carbocycles. The minimum absolute atomic E-state index is 0. The zero-order valence-corrected chi connectivity index (χ0v) is 18.0. The molecule has 0 atom stereocenters. The van der Waals surface area contributed by atoms with E-state index in [0.29, 0.717) is 0 Å². The molecule has 0 radical (unpaired) electrons. The number of hydrogen-bond acceptors (Lipinski definition) is 0. The number of quaternary nitrogens is 1. The monoisotopic (exact) mass is 464 g/mol. The van der Waals surface area contributed by atoms with Gasteiger partial charge in [-0.2, -0.15) is 4.57 Å². The fraction of sp³-hybridized carbons (Fsp3) is 0.381. The van der Waals surface area contributed by atoms with E-state index in [9.17, 15) is 0 Å². The van der Waals surface area contributed by atoms with Crippen LogP contribution in [-0.4, -0.2) is 31.2 Å². The van der Waals surface area contributed by atoms with Gasteiger partial charge in [0.25, 0.3) is 0 Å². The molecule has 1 aromatic heterocycles. The molecule has 0 N–H and O–H groups in total. The summed E-state index contributed by atoms with van der Waals surface area (Å²) in [6.45, 7) is 5.15. The summed E-state index contributed by atoms with van der Waals surface area (Å²) in [6, 6.07) is 17.7. The van der Waals surface area contributed by atoms with E-state index in [1.807, 2.05) is 0 Å². The smallest absolute Gasteiger partial charge is 0.213 e. The third-order valence-electron chi connectivity index (χ3n) is 5.53. The lowest BCUT2D eigenvalue weighted by molar-refractivity contribution is -0.899. The van der Waals surface area contributed by atoms with Crippen LogP contribution >= 0.6 is 0 Å². The summed E-state index contributed by atoms with van der Waals surface area (Å²) < 4.78 is 3.71. The predicted molar refractivity (Wildman–Crippen MR) is 96.3 cm³/mol. The molecule has 0 spiro atoms. The van der Waals surface area contributed by atoms with Gasteiger partial charge in [0, 0.05) is 25.0 Å². The topological polar surface area (TPSA) is 3.88 Å². The molecule has 0 amide bonds. The van der Waals surface area contributed by atoms with E-state index >= 15 is 0 Å². The van der Waals surface area contributed by atoms with Crippen LogP contribution < -0.4 is 38.5 Å². The molecule has 134 valence electrons. The summed E-state index contributed by atoms with van der Waals surface area (Å²) in [5, 5.41) is 4.05. The first kappa shape index (κ1) is 20.3. The molecule has 2 nitrogen and oxygen atoms in total. The maximum atomic E-state index is 2.43. The van der Waals surface area contributed by atoms with Crippen molar-refractivity contribution >= 4 is 21.7 Å². The van der Waals surface area contributed by atoms with Gasteiger partial charge in [0.15, 0.2) is 12.7 Å². The summed E-state index contributed by atoms with van der Waals surface area (Å²) in [5.74, 6) is 0. The Morgan fingerprint density at radius 2 is 1.60 bits per heavy atom. The largest absolute Gasteiger partial charge is 1.00 e. The first-order valence-electron chi connectivity index (χ1n) is 8.89. The van der Waals surface area contributed by atoms with Crippen LogP contribution in [0.5, 0.6) is 0 Å². The third-order valence-corrected chi connectivity index (χ3v) is 5.53. The fourth-order valence-corrected chi connectivity index (χ4v) is 4.17. The molecule has 3 aromatic rings. The molecule has 1 aliphatic rings. The van der Waals surface area contributed by atoms with E-state index < -0.39 is 0 Å². The van der Waals surface area contributed by atoms with Crippen LogP contribution in [-0.2, 0) is 6.54 Å². The van der Waals surface area contributed by atoms with Gasteiger partial charge in [-0.3, -0.25) is 0 Å². The molecule has 0 aliphatic carbocycles. The highest BCUT2D eigenvalue weighted by Crippen LogP contribution is 2.23. The summed E-state index contributed by atoms with van der Waals surface area (Å²) in [4.78, 5) is 0. The summed E-state index contributed by atoms with van der Waals surface area (Å²) in [7, 11) is 2.42. The van der Waals surface area contributed by atoms with Gasteiger partial charge in [-0.15, -0.1) is 0 Å². The molecule has 25 heavy (non-hydrogen) atoms. The molecule has 4 rings (SSSR count). The van der Waals surface area contributed by atoms with E-state index in [-0.39, 0.29) is 34.0 Å². The SMILES string of the molecule is C[N+]1(CCC[n+]2cccc3c4ccccc4ccc32)CCCC1.[Br-].[Br-]. The number of fused-ring (bicyclic) bond motifs is 3. The normalized spacial score (nSPS) is 15.7. The van der Waals surface area contributed by atoms with Crippen LogP contribution in [0.15, 0.2) is 54.7 Å². The summed E-state index contributed by atoms with van der Waals surface area (Å²) in [6.07, 6.45) is 6.31. The van der Waals surface area contributed by atoms with Crippen LogP contribution in [0.3, 0.4) is 0 Å². The molecule has 4 heteroatoms. The number of hydrogen-bond donors (Lipinski definition) is 0. The first-order valence-corrected chi connectivity index (χ1v) is 8.89. The zero-order chi connectivity index (χ0) is 15.7. The van der Waals surface area contributed by atoms with Crippen LogP contribution in [0.1, 0.15) is 19.3 Å². The Bertz CT molecular complexity index is 842. The number of aryl methyl sites for hydroxylation is 1. The van der Waals surface area contributed by atoms with Crippen molar-refractivity contribution in [3.05, 3.63) is 54.7 Å². The third kappa shape index (κ3) is 4.24. The Balaban J connectivity index is 0.00000113. The van der Waals surface area contributed by atoms with Crippen molar-refractivity contribution in [3.63, 3.8) is 0 Å². The van der Waals surface area contributed by atoms with Crippen LogP contribution in [0.4, 0.5) is 0 Å². The molecule has 2 heterocycles. The first-order chi connectivity index (χ1) is 11.3. The lowest BCUT2D eigenvalue weighted by atomic mass is 10.1. The van der Waals surface area contributed by atoms with Crippen LogP contribution in [0.2, 0.25) is 0 Å². The van der Waals surface area contributed by atoms with Gasteiger partial charge in [-0.25, -0.2) is 0 Å². The van der Waals surface area contributed by atoms with Crippen molar-refractivity contribution in [2.45, 2.75) is 25.8 Å². The predicted octanol–water partition coefficient (Wildman–Crippen LogP) is -2.08. The lowest BCUT2D eigenvalue weighted by Gasteiger charge is -2.28. The highest BCUT2D eigenvalue weighted by molar-refractivity contribution is 6.04. The zero-order valence-electron chi connectivity index (χ0n) is 14.8. The number of aromatic nitrogens is 1. The molecule has 1 fully saturated rings. The Kier molecular flexibility index (Phi) is 7.01. The minimum atomic E-state index is 0.